The summed E-state index contributed by atoms with van der Waals surface area (Å²) in [7, 11) is -2.42. The van der Waals surface area contributed by atoms with E-state index in [4.69, 9.17) is 9.84 Å². The first-order valence-electron chi connectivity index (χ1n) is 13.0. The average molecular weight is 549 g/mol. The Labute approximate surface area is 230 Å². The molecule has 0 bridgehead atoms. The van der Waals surface area contributed by atoms with Crippen LogP contribution in [0.25, 0.3) is 16.5 Å². The molecule has 0 unspecified atom stereocenters. The van der Waals surface area contributed by atoms with Crippen LogP contribution in [0.4, 0.5) is 5.82 Å². The summed E-state index contributed by atoms with van der Waals surface area (Å²) < 4.78 is 35.9. The van der Waals surface area contributed by atoms with Gasteiger partial charge in [0.25, 0.3) is 0 Å². The molecule has 1 amide bonds. The van der Waals surface area contributed by atoms with Crippen molar-refractivity contribution in [3.8, 4) is 5.69 Å². The molecule has 0 fully saturated rings. The maximum Gasteiger partial charge on any atom is 0.244 e. The van der Waals surface area contributed by atoms with Gasteiger partial charge in [-0.3, -0.25) is 4.79 Å². The number of nitrogens with zero attached hydrogens (tertiary/aromatic N) is 3. The lowest BCUT2D eigenvalue weighted by Gasteiger charge is -2.22. The van der Waals surface area contributed by atoms with E-state index in [1.165, 1.54) is 4.31 Å². The van der Waals surface area contributed by atoms with Crippen LogP contribution in [0.5, 0.6) is 0 Å². The largest absolute Gasteiger partial charge is 0.385 e. The summed E-state index contributed by atoms with van der Waals surface area (Å²) >= 11 is 0. The van der Waals surface area contributed by atoms with E-state index in [1.807, 2.05) is 61.5 Å². The van der Waals surface area contributed by atoms with Gasteiger partial charge < -0.3 is 10.1 Å². The van der Waals surface area contributed by atoms with E-state index in [0.29, 0.717) is 24.2 Å². The van der Waals surface area contributed by atoms with Gasteiger partial charge in [-0.15, -0.1) is 0 Å². The number of sulfonamides is 1. The standard InChI is InChI=1S/C30H36N4O4S/c1-22-12-6-9-16-25(22)34-28(20-27(32-34)30(2,3)4)31-29(35)21-33(18-11-19-38-5)39(36,37)26-17-10-14-23-13-7-8-15-24(23)26/h6-10,12-17,20H,11,18-19,21H2,1-5H3,(H,31,35). The Morgan fingerprint density at radius 2 is 1.72 bits per heavy atom. The van der Waals surface area contributed by atoms with E-state index >= 15 is 0 Å². The van der Waals surface area contributed by atoms with Crippen molar-refractivity contribution in [2.24, 2.45) is 0 Å². The van der Waals surface area contributed by atoms with Crippen LogP contribution in [0.3, 0.4) is 0 Å². The molecular weight excluding hydrogens is 512 g/mol. The van der Waals surface area contributed by atoms with Gasteiger partial charge in [0.2, 0.25) is 15.9 Å². The van der Waals surface area contributed by atoms with Crippen molar-refractivity contribution in [3.63, 3.8) is 0 Å². The zero-order chi connectivity index (χ0) is 28.2. The lowest BCUT2D eigenvalue weighted by molar-refractivity contribution is -0.116. The number of ether oxygens (including phenoxy) is 1. The molecule has 8 nitrogen and oxygen atoms in total. The van der Waals surface area contributed by atoms with Crippen LogP contribution in [-0.2, 0) is 25.0 Å². The minimum absolute atomic E-state index is 0.136. The lowest BCUT2D eigenvalue weighted by Crippen LogP contribution is -2.39. The summed E-state index contributed by atoms with van der Waals surface area (Å²) in [5.74, 6) is 0.0325. The molecule has 1 aromatic heterocycles. The lowest BCUT2D eigenvalue weighted by atomic mass is 9.92. The monoisotopic (exact) mass is 548 g/mol. The van der Waals surface area contributed by atoms with Crippen molar-refractivity contribution in [2.75, 3.05) is 32.1 Å². The third-order valence-electron chi connectivity index (χ3n) is 6.53. The summed E-state index contributed by atoms with van der Waals surface area (Å²) in [6, 6.07) is 22.1. The highest BCUT2D eigenvalue weighted by Crippen LogP contribution is 2.28. The van der Waals surface area contributed by atoms with E-state index in [1.54, 1.807) is 30.0 Å². The number of para-hydroxylation sites is 1. The zero-order valence-corrected chi connectivity index (χ0v) is 24.0. The van der Waals surface area contributed by atoms with Gasteiger partial charge >= 0.3 is 0 Å². The second-order valence-corrected chi connectivity index (χ2v) is 12.5. The molecule has 0 spiro atoms. The number of amides is 1. The predicted octanol–water partition coefficient (Wildman–Crippen LogP) is 5.30. The number of methoxy groups -OCH3 is 1. The molecule has 39 heavy (non-hydrogen) atoms. The first-order valence-corrected chi connectivity index (χ1v) is 14.4. The molecular formula is C30H36N4O4S. The van der Waals surface area contributed by atoms with Gasteiger partial charge in [0, 0.05) is 37.1 Å². The molecule has 0 atom stereocenters. The smallest absolute Gasteiger partial charge is 0.244 e. The van der Waals surface area contributed by atoms with Crippen LogP contribution in [0, 0.1) is 6.92 Å². The van der Waals surface area contributed by atoms with Crippen molar-refractivity contribution in [3.05, 3.63) is 84.1 Å². The predicted molar refractivity (Wildman–Crippen MR) is 155 cm³/mol. The number of benzene rings is 3. The fourth-order valence-electron chi connectivity index (χ4n) is 4.39. The van der Waals surface area contributed by atoms with Crippen LogP contribution in [0.15, 0.2) is 77.7 Å². The molecule has 206 valence electrons. The third kappa shape index (κ3) is 6.38. The topological polar surface area (TPSA) is 93.5 Å². The van der Waals surface area contributed by atoms with Crippen LogP contribution < -0.4 is 5.32 Å². The van der Waals surface area contributed by atoms with E-state index in [-0.39, 0.29) is 23.4 Å². The summed E-state index contributed by atoms with van der Waals surface area (Å²) in [5, 5.41) is 9.16. The van der Waals surface area contributed by atoms with E-state index in [0.717, 1.165) is 22.3 Å². The molecule has 3 aromatic carbocycles. The Bertz CT molecular complexity index is 1570. The van der Waals surface area contributed by atoms with Gasteiger partial charge in [-0.2, -0.15) is 9.40 Å². The normalized spacial score (nSPS) is 12.3. The number of nitrogens with one attached hydrogen (secondary N) is 1. The second-order valence-electron chi connectivity index (χ2n) is 10.6. The van der Waals surface area contributed by atoms with Crippen molar-refractivity contribution in [1.29, 1.82) is 0 Å². The molecule has 0 aliphatic rings. The van der Waals surface area contributed by atoms with Crippen molar-refractivity contribution >= 4 is 32.5 Å². The minimum Gasteiger partial charge on any atom is -0.385 e. The van der Waals surface area contributed by atoms with E-state index in [2.05, 4.69) is 26.1 Å². The van der Waals surface area contributed by atoms with Gasteiger partial charge in [-0.1, -0.05) is 75.4 Å². The number of fused-ring (bicyclic) bond motifs is 1. The Balaban J connectivity index is 1.67. The fraction of sp³-hybridized carbons (Fsp3) is 0.333. The number of aryl methyl sites for hydroxylation is 1. The Hall–Kier alpha value is -3.53. The number of hydrogen-bond donors (Lipinski definition) is 1. The van der Waals surface area contributed by atoms with Gasteiger partial charge in [-0.05, 0) is 36.4 Å². The number of anilines is 1. The molecule has 0 aliphatic heterocycles. The van der Waals surface area contributed by atoms with Crippen molar-refractivity contribution in [2.45, 2.75) is 44.4 Å². The fourth-order valence-corrected chi connectivity index (χ4v) is 6.04. The van der Waals surface area contributed by atoms with Gasteiger partial charge in [-0.25, -0.2) is 13.1 Å². The van der Waals surface area contributed by atoms with Crippen molar-refractivity contribution in [1.82, 2.24) is 14.1 Å². The van der Waals surface area contributed by atoms with Crippen LogP contribution in [-0.4, -0.2) is 55.2 Å². The Morgan fingerprint density at radius 1 is 1.03 bits per heavy atom. The first-order chi connectivity index (χ1) is 18.5. The molecule has 0 saturated carbocycles. The molecule has 9 heteroatoms. The number of aromatic nitrogens is 2. The number of carbonyl (C=O) groups is 1. The minimum atomic E-state index is -3.99. The van der Waals surface area contributed by atoms with Gasteiger partial charge in [0.1, 0.15) is 5.82 Å². The highest BCUT2D eigenvalue weighted by molar-refractivity contribution is 7.89. The zero-order valence-electron chi connectivity index (χ0n) is 23.1. The number of hydrogen-bond acceptors (Lipinski definition) is 5. The van der Waals surface area contributed by atoms with Crippen LogP contribution in [0.1, 0.15) is 38.4 Å². The summed E-state index contributed by atoms with van der Waals surface area (Å²) in [5.41, 5.74) is 2.39. The maximum atomic E-state index is 13.9. The molecule has 0 aliphatic carbocycles. The summed E-state index contributed by atoms with van der Waals surface area (Å²) in [6.45, 7) is 8.30. The highest BCUT2D eigenvalue weighted by atomic mass is 32.2. The average Bonchev–Trinajstić information content (AvgIpc) is 3.32. The quantitative estimate of drug-likeness (QED) is 0.272. The Morgan fingerprint density at radius 3 is 2.44 bits per heavy atom. The molecule has 1 heterocycles. The van der Waals surface area contributed by atoms with Gasteiger partial charge in [0.15, 0.2) is 0 Å². The van der Waals surface area contributed by atoms with Gasteiger partial charge in [0.05, 0.1) is 22.8 Å². The number of carbonyl (C=O) groups excluding carboxylic acids is 1. The number of rotatable bonds is 10. The summed E-state index contributed by atoms with van der Waals surface area (Å²) in [6.07, 6.45) is 0.448. The molecule has 0 saturated heterocycles. The molecule has 4 rings (SSSR count). The molecule has 0 radical (unpaired) electrons. The van der Waals surface area contributed by atoms with Crippen LogP contribution in [0.2, 0.25) is 0 Å². The maximum absolute atomic E-state index is 13.9. The van der Waals surface area contributed by atoms with E-state index in [9.17, 15) is 13.2 Å². The van der Waals surface area contributed by atoms with E-state index < -0.39 is 15.9 Å². The highest BCUT2D eigenvalue weighted by Gasteiger charge is 2.29. The SMILES string of the molecule is COCCCN(CC(=O)Nc1cc(C(C)(C)C)nn1-c1ccccc1C)S(=O)(=O)c1cccc2ccccc12. The molecule has 1 N–H and O–H groups in total. The Kier molecular flexibility index (Phi) is 8.54. The third-order valence-corrected chi connectivity index (χ3v) is 8.44. The molecule has 4 aromatic rings. The van der Waals surface area contributed by atoms with Crippen LogP contribution >= 0.6 is 0 Å². The first kappa shape index (κ1) is 28.5. The van der Waals surface area contributed by atoms with Crippen molar-refractivity contribution < 1.29 is 17.9 Å². The second kappa shape index (κ2) is 11.7. The summed E-state index contributed by atoms with van der Waals surface area (Å²) in [4.78, 5) is 13.6.